The molecule has 0 aliphatic rings. The minimum atomic E-state index is 0.187. The highest BCUT2D eigenvalue weighted by atomic mass is 32.2. The van der Waals surface area contributed by atoms with Gasteiger partial charge in [0.25, 0.3) is 0 Å². The van der Waals surface area contributed by atoms with E-state index >= 15 is 0 Å². The molecule has 2 nitrogen and oxygen atoms in total. The van der Waals surface area contributed by atoms with Crippen molar-refractivity contribution in [1.29, 1.82) is 0 Å². The van der Waals surface area contributed by atoms with E-state index in [-0.39, 0.29) is 5.78 Å². The van der Waals surface area contributed by atoms with Gasteiger partial charge in [-0.15, -0.1) is 0 Å². The molecule has 0 unspecified atom stereocenters. The number of rotatable bonds is 8. The number of ketones is 1. The molecule has 0 radical (unpaired) electrons. The van der Waals surface area contributed by atoms with Gasteiger partial charge in [-0.2, -0.15) is 0 Å². The zero-order valence-electron chi connectivity index (χ0n) is 14.7. The molecule has 0 aromatic heterocycles. The predicted molar refractivity (Wildman–Crippen MR) is 104 cm³/mol. The fourth-order valence-electron chi connectivity index (χ4n) is 2.28. The molecule has 0 saturated carbocycles. The molecule has 0 aliphatic carbocycles. The Bertz CT molecular complexity index is 689. The minimum absolute atomic E-state index is 0.187. The number of hydrogen-bond donors (Lipinski definition) is 0. The number of benzene rings is 2. The van der Waals surface area contributed by atoms with Gasteiger partial charge in [-0.25, -0.2) is 0 Å². The van der Waals surface area contributed by atoms with Gasteiger partial charge in [0.2, 0.25) is 0 Å². The third kappa shape index (κ3) is 6.34. The average Bonchev–Trinajstić information content (AvgIpc) is 2.56. The van der Waals surface area contributed by atoms with Gasteiger partial charge in [0.05, 0.1) is 0 Å². The van der Waals surface area contributed by atoms with Crippen LogP contribution in [-0.4, -0.2) is 31.3 Å². The first-order valence-corrected chi connectivity index (χ1v) is 9.05. The highest BCUT2D eigenvalue weighted by Crippen LogP contribution is 2.31. The predicted octanol–water partition coefficient (Wildman–Crippen LogP) is 5.07. The first-order valence-electron chi connectivity index (χ1n) is 8.24. The molecule has 0 fully saturated rings. The van der Waals surface area contributed by atoms with E-state index in [2.05, 4.69) is 48.2 Å². The van der Waals surface area contributed by atoms with Crippen LogP contribution in [0.15, 0.2) is 64.4 Å². The normalized spacial score (nSPS) is 11.3. The minimum Gasteiger partial charge on any atom is -0.309 e. The maximum Gasteiger partial charge on any atom is 0.155 e. The molecule has 0 amide bonds. The van der Waals surface area contributed by atoms with E-state index in [0.717, 1.165) is 18.5 Å². The molecule has 2 aromatic rings. The van der Waals surface area contributed by atoms with Gasteiger partial charge in [-0.3, -0.25) is 4.79 Å². The fraction of sp³-hybridized carbons (Fsp3) is 0.286. The molecule has 2 aromatic carbocycles. The SMILES string of the molecule is Cc1ccc(Sc2ccccc2/C=C\C(=O)CCCN(C)C)cc1. The monoisotopic (exact) mass is 339 g/mol. The number of nitrogens with zero attached hydrogens (tertiary/aromatic N) is 1. The summed E-state index contributed by atoms with van der Waals surface area (Å²) in [5.41, 5.74) is 2.35. The van der Waals surface area contributed by atoms with Crippen molar-refractivity contribution in [3.8, 4) is 0 Å². The summed E-state index contributed by atoms with van der Waals surface area (Å²) in [6, 6.07) is 16.7. The molecule has 0 bridgehead atoms. The van der Waals surface area contributed by atoms with Crippen molar-refractivity contribution in [3.63, 3.8) is 0 Å². The first kappa shape index (κ1) is 18.5. The highest BCUT2D eigenvalue weighted by Gasteiger charge is 2.03. The van der Waals surface area contributed by atoms with E-state index < -0.39 is 0 Å². The van der Waals surface area contributed by atoms with E-state index in [0.29, 0.717) is 6.42 Å². The molecule has 3 heteroatoms. The Hall–Kier alpha value is -1.84. The van der Waals surface area contributed by atoms with Crippen LogP contribution in [0.2, 0.25) is 0 Å². The zero-order chi connectivity index (χ0) is 17.4. The highest BCUT2D eigenvalue weighted by molar-refractivity contribution is 7.99. The van der Waals surface area contributed by atoms with Gasteiger partial charge >= 0.3 is 0 Å². The van der Waals surface area contributed by atoms with Gasteiger partial charge < -0.3 is 4.90 Å². The molecule has 0 aliphatic heterocycles. The maximum absolute atomic E-state index is 12.0. The molecule has 0 saturated heterocycles. The molecule has 24 heavy (non-hydrogen) atoms. The Kier molecular flexibility index (Phi) is 7.29. The fourth-order valence-corrected chi connectivity index (χ4v) is 3.21. The Labute approximate surface area is 149 Å². The van der Waals surface area contributed by atoms with Crippen molar-refractivity contribution >= 4 is 23.6 Å². The van der Waals surface area contributed by atoms with Crippen LogP contribution < -0.4 is 0 Å². The maximum atomic E-state index is 12.0. The van der Waals surface area contributed by atoms with Crippen molar-refractivity contribution in [2.75, 3.05) is 20.6 Å². The van der Waals surface area contributed by atoms with Gasteiger partial charge in [-0.1, -0.05) is 53.7 Å². The van der Waals surface area contributed by atoms with Crippen LogP contribution >= 0.6 is 11.8 Å². The van der Waals surface area contributed by atoms with Gasteiger partial charge in [0.15, 0.2) is 5.78 Å². The summed E-state index contributed by atoms with van der Waals surface area (Å²) >= 11 is 1.73. The third-order valence-electron chi connectivity index (χ3n) is 3.65. The number of hydrogen-bond acceptors (Lipinski definition) is 3. The first-order chi connectivity index (χ1) is 11.5. The van der Waals surface area contributed by atoms with E-state index in [1.54, 1.807) is 17.8 Å². The van der Waals surface area contributed by atoms with Crippen LogP contribution in [0.25, 0.3) is 6.08 Å². The lowest BCUT2D eigenvalue weighted by Gasteiger charge is -2.07. The summed E-state index contributed by atoms with van der Waals surface area (Å²) in [4.78, 5) is 16.5. The average molecular weight is 340 g/mol. The summed E-state index contributed by atoms with van der Waals surface area (Å²) in [6.07, 6.45) is 5.15. The molecule has 0 N–H and O–H groups in total. The Balaban J connectivity index is 2.01. The number of aryl methyl sites for hydroxylation is 1. The topological polar surface area (TPSA) is 20.3 Å². The van der Waals surface area contributed by atoms with E-state index in [9.17, 15) is 4.79 Å². The molecule has 2 rings (SSSR count). The summed E-state index contributed by atoms with van der Waals surface area (Å²) in [7, 11) is 4.05. The van der Waals surface area contributed by atoms with Gasteiger partial charge in [0, 0.05) is 16.2 Å². The molecular formula is C21H25NOS. The second-order valence-corrected chi connectivity index (χ2v) is 7.27. The smallest absolute Gasteiger partial charge is 0.155 e. The number of carbonyl (C=O) groups is 1. The number of carbonyl (C=O) groups excluding carboxylic acids is 1. The third-order valence-corrected chi connectivity index (χ3v) is 4.74. The van der Waals surface area contributed by atoms with Crippen LogP contribution in [0.1, 0.15) is 24.0 Å². The van der Waals surface area contributed by atoms with Crippen LogP contribution in [0.5, 0.6) is 0 Å². The summed E-state index contributed by atoms with van der Waals surface area (Å²) < 4.78 is 0. The van der Waals surface area contributed by atoms with Gasteiger partial charge in [-0.05, 0) is 63.8 Å². The lowest BCUT2D eigenvalue weighted by Crippen LogP contribution is -2.13. The van der Waals surface area contributed by atoms with Crippen molar-refractivity contribution in [2.45, 2.75) is 29.6 Å². The van der Waals surface area contributed by atoms with Gasteiger partial charge in [0.1, 0.15) is 0 Å². The van der Waals surface area contributed by atoms with Crippen molar-refractivity contribution in [2.24, 2.45) is 0 Å². The van der Waals surface area contributed by atoms with Crippen LogP contribution in [0.3, 0.4) is 0 Å². The lowest BCUT2D eigenvalue weighted by molar-refractivity contribution is -0.114. The second-order valence-electron chi connectivity index (χ2n) is 6.16. The standard InChI is InChI=1S/C21H25NOS/c1-17-10-14-20(15-11-17)24-21-9-5-4-7-18(21)12-13-19(23)8-6-16-22(2)3/h4-5,7,9-15H,6,8,16H2,1-3H3/b13-12-. The second kappa shape index (κ2) is 9.45. The molecule has 126 valence electrons. The van der Waals surface area contributed by atoms with Crippen LogP contribution in [-0.2, 0) is 4.79 Å². The van der Waals surface area contributed by atoms with Crippen molar-refractivity contribution in [1.82, 2.24) is 4.90 Å². The quantitative estimate of drug-likeness (QED) is 0.626. The summed E-state index contributed by atoms with van der Waals surface area (Å²) in [5.74, 6) is 0.187. The Morgan fingerprint density at radius 2 is 1.79 bits per heavy atom. The van der Waals surface area contributed by atoms with Crippen molar-refractivity contribution < 1.29 is 4.79 Å². The van der Waals surface area contributed by atoms with Crippen molar-refractivity contribution in [3.05, 3.63) is 65.7 Å². The molecule has 0 heterocycles. The zero-order valence-corrected chi connectivity index (χ0v) is 15.5. The molecule has 0 spiro atoms. The van der Waals surface area contributed by atoms with Crippen LogP contribution in [0.4, 0.5) is 0 Å². The summed E-state index contributed by atoms with van der Waals surface area (Å²) in [5, 5.41) is 0. The number of allylic oxidation sites excluding steroid dienone is 1. The molecule has 0 atom stereocenters. The molecular weight excluding hydrogens is 314 g/mol. The van der Waals surface area contributed by atoms with E-state index in [1.165, 1.54) is 15.4 Å². The Morgan fingerprint density at radius 1 is 1.08 bits per heavy atom. The summed E-state index contributed by atoms with van der Waals surface area (Å²) in [6.45, 7) is 3.03. The largest absolute Gasteiger partial charge is 0.309 e. The van der Waals surface area contributed by atoms with Crippen LogP contribution in [0, 0.1) is 6.92 Å². The Morgan fingerprint density at radius 3 is 2.50 bits per heavy atom. The van der Waals surface area contributed by atoms with E-state index in [1.807, 2.05) is 32.3 Å². The van der Waals surface area contributed by atoms with E-state index in [4.69, 9.17) is 0 Å². The lowest BCUT2D eigenvalue weighted by atomic mass is 10.1.